The number of aromatic nitrogens is 2. The van der Waals surface area contributed by atoms with E-state index in [-0.39, 0.29) is 17.5 Å². The van der Waals surface area contributed by atoms with Gasteiger partial charge in [-0.2, -0.15) is 0 Å². The number of nitrogens with zero attached hydrogens (tertiary/aromatic N) is 2. The molecule has 1 heterocycles. The summed E-state index contributed by atoms with van der Waals surface area (Å²) in [6.07, 6.45) is 1.52. The molecule has 8 heteroatoms. The van der Waals surface area contributed by atoms with E-state index in [1.165, 1.54) is 6.20 Å². The number of carbonyl (C=O) groups is 1. The molecule has 0 unspecified atom stereocenters. The van der Waals surface area contributed by atoms with Gasteiger partial charge in [0.05, 0.1) is 20.8 Å². The second-order valence-corrected chi connectivity index (χ2v) is 5.87. The maximum Gasteiger partial charge on any atom is 0.274 e. The third-order valence-electron chi connectivity index (χ3n) is 3.95. The second-order valence-electron chi connectivity index (χ2n) is 5.87. The van der Waals surface area contributed by atoms with E-state index in [0.29, 0.717) is 29.5 Å². The van der Waals surface area contributed by atoms with E-state index in [0.717, 1.165) is 5.75 Å². The quantitative estimate of drug-likeness (QED) is 0.598. The smallest absolute Gasteiger partial charge is 0.274 e. The van der Waals surface area contributed by atoms with Crippen LogP contribution in [0, 0.1) is 0 Å². The first-order valence-corrected chi connectivity index (χ1v) is 8.99. The zero-order valence-corrected chi connectivity index (χ0v) is 16.4. The van der Waals surface area contributed by atoms with Crippen LogP contribution in [-0.4, -0.2) is 36.7 Å². The van der Waals surface area contributed by atoms with Gasteiger partial charge in [-0.15, -0.1) is 0 Å². The van der Waals surface area contributed by atoms with Crippen LogP contribution < -0.4 is 24.8 Å². The Kier molecular flexibility index (Phi) is 6.47. The van der Waals surface area contributed by atoms with Crippen molar-refractivity contribution < 1.29 is 19.0 Å². The van der Waals surface area contributed by atoms with Crippen molar-refractivity contribution >= 4 is 23.2 Å². The number of methoxy groups -OCH3 is 2. The summed E-state index contributed by atoms with van der Waals surface area (Å²) in [6, 6.07) is 14.0. The molecule has 0 aliphatic carbocycles. The monoisotopic (exact) mass is 394 g/mol. The van der Waals surface area contributed by atoms with Crippen LogP contribution in [0.5, 0.6) is 17.2 Å². The summed E-state index contributed by atoms with van der Waals surface area (Å²) in [7, 11) is 3.13. The molecule has 29 heavy (non-hydrogen) atoms. The van der Waals surface area contributed by atoms with Crippen LogP contribution in [0.4, 0.5) is 17.3 Å². The fourth-order valence-electron chi connectivity index (χ4n) is 2.58. The molecule has 0 fully saturated rings. The van der Waals surface area contributed by atoms with Crippen LogP contribution in [0.25, 0.3) is 0 Å². The van der Waals surface area contributed by atoms with Gasteiger partial charge in [-0.3, -0.25) is 4.79 Å². The van der Waals surface area contributed by atoms with Crippen LogP contribution in [-0.2, 0) is 0 Å². The minimum Gasteiger partial charge on any atom is -0.494 e. The Labute approximate surface area is 168 Å². The van der Waals surface area contributed by atoms with E-state index in [1.807, 2.05) is 6.92 Å². The van der Waals surface area contributed by atoms with Gasteiger partial charge in [0.1, 0.15) is 11.4 Å². The molecule has 0 saturated carbocycles. The molecule has 0 spiro atoms. The lowest BCUT2D eigenvalue weighted by molar-refractivity contribution is 0.102. The molecule has 0 bridgehead atoms. The molecule has 0 aliphatic heterocycles. The molecule has 3 aromatic rings. The molecule has 2 aromatic carbocycles. The second kappa shape index (κ2) is 9.41. The van der Waals surface area contributed by atoms with E-state index in [9.17, 15) is 4.79 Å². The van der Waals surface area contributed by atoms with Crippen molar-refractivity contribution in [3.63, 3.8) is 0 Å². The molecule has 0 aliphatic rings. The van der Waals surface area contributed by atoms with E-state index in [4.69, 9.17) is 14.2 Å². The summed E-state index contributed by atoms with van der Waals surface area (Å²) in [5.74, 6) is 1.88. The van der Waals surface area contributed by atoms with Crippen LogP contribution >= 0.6 is 0 Å². The number of amides is 1. The number of anilines is 3. The number of rotatable bonds is 8. The third kappa shape index (κ3) is 5.13. The summed E-state index contributed by atoms with van der Waals surface area (Å²) in [4.78, 5) is 21.0. The molecule has 8 nitrogen and oxygen atoms in total. The predicted octanol–water partition coefficient (Wildman–Crippen LogP) is 3.89. The van der Waals surface area contributed by atoms with Gasteiger partial charge in [0.2, 0.25) is 5.95 Å². The van der Waals surface area contributed by atoms with Gasteiger partial charge in [0.15, 0.2) is 11.5 Å². The topological polar surface area (TPSA) is 94.6 Å². The first kappa shape index (κ1) is 19.9. The van der Waals surface area contributed by atoms with Crippen molar-refractivity contribution in [3.8, 4) is 17.2 Å². The molecule has 2 N–H and O–H groups in total. The number of benzene rings is 2. The Morgan fingerprint density at radius 3 is 2.38 bits per heavy atom. The van der Waals surface area contributed by atoms with Crippen molar-refractivity contribution in [1.82, 2.24) is 9.97 Å². The third-order valence-corrected chi connectivity index (χ3v) is 3.95. The van der Waals surface area contributed by atoms with E-state index < -0.39 is 0 Å². The number of hydrogen-bond acceptors (Lipinski definition) is 7. The fourth-order valence-corrected chi connectivity index (χ4v) is 2.58. The molecule has 150 valence electrons. The van der Waals surface area contributed by atoms with Gasteiger partial charge in [-0.1, -0.05) is 0 Å². The van der Waals surface area contributed by atoms with Gasteiger partial charge in [0.25, 0.3) is 5.91 Å². The van der Waals surface area contributed by atoms with Crippen molar-refractivity contribution in [2.45, 2.75) is 6.92 Å². The molecule has 0 saturated heterocycles. The average Bonchev–Trinajstić information content (AvgIpc) is 2.75. The van der Waals surface area contributed by atoms with Crippen molar-refractivity contribution in [1.29, 1.82) is 0 Å². The zero-order valence-electron chi connectivity index (χ0n) is 16.4. The molecule has 0 atom stereocenters. The normalized spacial score (nSPS) is 10.2. The number of ether oxygens (including phenoxy) is 3. The molecule has 1 aromatic heterocycles. The minimum atomic E-state index is -0.341. The fraction of sp³-hybridized carbons (Fsp3) is 0.190. The Morgan fingerprint density at radius 1 is 0.966 bits per heavy atom. The van der Waals surface area contributed by atoms with Crippen LogP contribution in [0.2, 0.25) is 0 Å². The number of nitrogens with one attached hydrogen (secondary N) is 2. The highest BCUT2D eigenvalue weighted by Crippen LogP contribution is 2.30. The maximum absolute atomic E-state index is 12.5. The van der Waals surface area contributed by atoms with Crippen molar-refractivity contribution in [2.75, 3.05) is 31.5 Å². The highest BCUT2D eigenvalue weighted by molar-refractivity contribution is 6.03. The maximum atomic E-state index is 12.5. The summed E-state index contributed by atoms with van der Waals surface area (Å²) < 4.78 is 15.9. The lowest BCUT2D eigenvalue weighted by Crippen LogP contribution is -2.14. The largest absolute Gasteiger partial charge is 0.494 e. The lowest BCUT2D eigenvalue weighted by atomic mass is 10.2. The number of carbonyl (C=O) groups excluding carboxylic acids is 1. The van der Waals surface area contributed by atoms with E-state index in [1.54, 1.807) is 62.8 Å². The Hall–Kier alpha value is -3.81. The first-order valence-electron chi connectivity index (χ1n) is 8.99. The number of hydrogen-bond donors (Lipinski definition) is 2. The van der Waals surface area contributed by atoms with Gasteiger partial charge < -0.3 is 24.8 Å². The summed E-state index contributed by atoms with van der Waals surface area (Å²) in [5.41, 5.74) is 1.58. The van der Waals surface area contributed by atoms with Crippen molar-refractivity contribution in [2.24, 2.45) is 0 Å². The Morgan fingerprint density at radius 2 is 1.69 bits per heavy atom. The van der Waals surface area contributed by atoms with E-state index >= 15 is 0 Å². The molecule has 0 radical (unpaired) electrons. The van der Waals surface area contributed by atoms with Gasteiger partial charge in [0, 0.05) is 23.6 Å². The van der Waals surface area contributed by atoms with Gasteiger partial charge in [-0.05, 0) is 49.4 Å². The first-order chi connectivity index (χ1) is 14.1. The van der Waals surface area contributed by atoms with Gasteiger partial charge >= 0.3 is 0 Å². The van der Waals surface area contributed by atoms with Crippen LogP contribution in [0.15, 0.2) is 54.7 Å². The molecular weight excluding hydrogens is 372 g/mol. The average molecular weight is 394 g/mol. The Balaban J connectivity index is 1.71. The van der Waals surface area contributed by atoms with E-state index in [2.05, 4.69) is 20.6 Å². The van der Waals surface area contributed by atoms with Crippen molar-refractivity contribution in [3.05, 3.63) is 60.4 Å². The standard InChI is InChI=1S/C21H22N4O4/c1-4-29-16-8-5-14(6-9-16)23-20(26)17-11-12-22-21(25-17)24-15-7-10-18(27-2)19(13-15)28-3/h5-13H,4H2,1-3H3,(H,23,26)(H,22,24,25). The predicted molar refractivity (Wildman–Crippen MR) is 110 cm³/mol. The summed E-state index contributed by atoms with van der Waals surface area (Å²) >= 11 is 0. The van der Waals surface area contributed by atoms with Gasteiger partial charge in [-0.25, -0.2) is 9.97 Å². The SMILES string of the molecule is CCOc1ccc(NC(=O)c2ccnc(Nc3ccc(OC)c(OC)c3)n2)cc1. The van der Waals surface area contributed by atoms with Crippen LogP contribution in [0.1, 0.15) is 17.4 Å². The Bertz CT molecular complexity index is 977. The zero-order chi connectivity index (χ0) is 20.6. The highest BCUT2D eigenvalue weighted by atomic mass is 16.5. The highest BCUT2D eigenvalue weighted by Gasteiger charge is 2.11. The molecule has 3 rings (SSSR count). The van der Waals surface area contributed by atoms with Crippen LogP contribution in [0.3, 0.4) is 0 Å². The molecular formula is C21H22N4O4. The minimum absolute atomic E-state index is 0.233. The lowest BCUT2D eigenvalue weighted by Gasteiger charge is -2.11. The summed E-state index contributed by atoms with van der Waals surface area (Å²) in [6.45, 7) is 2.50. The molecule has 1 amide bonds. The summed E-state index contributed by atoms with van der Waals surface area (Å²) in [5, 5.41) is 5.86.